The second kappa shape index (κ2) is 6.47. The lowest BCUT2D eigenvalue weighted by Crippen LogP contribution is -2.53. The Morgan fingerprint density at radius 2 is 1.78 bits per heavy atom. The van der Waals surface area contributed by atoms with Crippen LogP contribution in [-0.2, 0) is 19.9 Å². The van der Waals surface area contributed by atoms with Crippen molar-refractivity contribution in [2.75, 3.05) is 25.6 Å². The van der Waals surface area contributed by atoms with E-state index in [9.17, 15) is 21.9 Å². The van der Waals surface area contributed by atoms with E-state index < -0.39 is 43.5 Å². The Kier molecular flexibility index (Phi) is 5.32. The monoisotopic (exact) mass is 402 g/mol. The zero-order valence-electron chi connectivity index (χ0n) is 12.3. The molecule has 0 spiro atoms. The zero-order chi connectivity index (χ0) is 17.6. The fourth-order valence-electron chi connectivity index (χ4n) is 2.46. The minimum absolute atomic E-state index is 0.0611. The summed E-state index contributed by atoms with van der Waals surface area (Å²) in [6, 6.07) is 2.70. The van der Waals surface area contributed by atoms with Crippen LogP contribution >= 0.6 is 23.2 Å². The molecular formula is C12H16Cl2N2O5S2. The van der Waals surface area contributed by atoms with Crippen molar-refractivity contribution in [2.45, 2.75) is 17.0 Å². The van der Waals surface area contributed by atoms with Gasteiger partial charge >= 0.3 is 0 Å². The fraction of sp³-hybridized carbons (Fsp3) is 0.500. The molecule has 1 aromatic carbocycles. The summed E-state index contributed by atoms with van der Waals surface area (Å²) in [7, 11) is -4.72. The molecule has 0 aromatic heterocycles. The van der Waals surface area contributed by atoms with Crippen LogP contribution in [0.25, 0.3) is 0 Å². The Labute approximate surface area is 145 Å². The third-order valence-corrected chi connectivity index (χ3v) is 7.78. The first-order chi connectivity index (χ1) is 10.5. The number of hydrogen-bond donors (Lipinski definition) is 1. The Morgan fingerprint density at radius 3 is 2.22 bits per heavy atom. The summed E-state index contributed by atoms with van der Waals surface area (Å²) in [5.41, 5.74) is 0. The van der Waals surface area contributed by atoms with Crippen LogP contribution in [0.1, 0.15) is 0 Å². The molecular weight excluding hydrogens is 387 g/mol. The van der Waals surface area contributed by atoms with E-state index in [2.05, 4.69) is 0 Å². The molecule has 2 rings (SSSR count). The summed E-state index contributed by atoms with van der Waals surface area (Å²) in [5.74, 6) is -0.925. The molecule has 0 aliphatic carbocycles. The number of aliphatic hydroxyl groups is 1. The largest absolute Gasteiger partial charge is 0.390 e. The third kappa shape index (κ3) is 3.81. The van der Waals surface area contributed by atoms with Crippen LogP contribution in [0.3, 0.4) is 0 Å². The molecule has 23 heavy (non-hydrogen) atoms. The summed E-state index contributed by atoms with van der Waals surface area (Å²) in [4.78, 5) is -0.142. The maximum atomic E-state index is 12.9. The normalized spacial score (nSPS) is 24.5. The minimum Gasteiger partial charge on any atom is -0.390 e. The summed E-state index contributed by atoms with van der Waals surface area (Å²) < 4.78 is 50.0. The number of halogens is 2. The van der Waals surface area contributed by atoms with Crippen LogP contribution in [0.2, 0.25) is 10.0 Å². The number of rotatable bonds is 4. The predicted octanol–water partition coefficient (Wildman–Crippen LogP) is 0.619. The molecule has 1 aliphatic rings. The van der Waals surface area contributed by atoms with Gasteiger partial charge in [0.25, 0.3) is 10.0 Å². The summed E-state index contributed by atoms with van der Waals surface area (Å²) in [5, 5.41) is 11.5. The van der Waals surface area contributed by atoms with Crippen molar-refractivity contribution in [3.8, 4) is 0 Å². The SMILES string of the molecule is CN(C)N([C@@H]1CS(=O)(=O)C[C@@H]1O)S(=O)(=O)c1ccc(Cl)c(Cl)c1. The number of benzene rings is 1. The molecule has 0 amide bonds. The minimum atomic E-state index is -4.11. The first kappa shape index (κ1) is 18.9. The van der Waals surface area contributed by atoms with Gasteiger partial charge in [0.2, 0.25) is 0 Å². The second-order valence-corrected chi connectivity index (χ2v) is 10.2. The third-order valence-electron chi connectivity index (χ3n) is 3.41. The Balaban J connectivity index is 2.50. The van der Waals surface area contributed by atoms with Gasteiger partial charge in [0.15, 0.2) is 9.84 Å². The molecule has 1 saturated heterocycles. The highest BCUT2D eigenvalue weighted by Gasteiger charge is 2.46. The fourth-order valence-corrected chi connectivity index (χ4v) is 6.40. The first-order valence-electron chi connectivity index (χ1n) is 6.51. The van der Waals surface area contributed by atoms with Crippen LogP contribution in [0, 0.1) is 0 Å². The van der Waals surface area contributed by atoms with E-state index in [4.69, 9.17) is 23.2 Å². The van der Waals surface area contributed by atoms with E-state index in [0.29, 0.717) is 0 Å². The van der Waals surface area contributed by atoms with Crippen LogP contribution in [0.4, 0.5) is 0 Å². The number of nitrogens with zero attached hydrogens (tertiary/aromatic N) is 2. The van der Waals surface area contributed by atoms with E-state index in [1.165, 1.54) is 37.3 Å². The number of aliphatic hydroxyl groups excluding tert-OH is 1. The average Bonchev–Trinajstić information content (AvgIpc) is 2.65. The van der Waals surface area contributed by atoms with E-state index in [-0.39, 0.29) is 14.9 Å². The van der Waals surface area contributed by atoms with Crippen LogP contribution in [0.15, 0.2) is 23.1 Å². The van der Waals surface area contributed by atoms with Crippen molar-refractivity contribution < 1.29 is 21.9 Å². The van der Waals surface area contributed by atoms with Crippen molar-refractivity contribution >= 4 is 43.1 Å². The number of sulfonamides is 1. The first-order valence-corrected chi connectivity index (χ1v) is 10.5. The molecule has 0 radical (unpaired) electrons. The van der Waals surface area contributed by atoms with Gasteiger partial charge in [0, 0.05) is 14.1 Å². The lowest BCUT2D eigenvalue weighted by atomic mass is 10.2. The highest BCUT2D eigenvalue weighted by Crippen LogP contribution is 2.30. The van der Waals surface area contributed by atoms with E-state index in [1.807, 2.05) is 0 Å². The maximum absolute atomic E-state index is 12.9. The highest BCUT2D eigenvalue weighted by atomic mass is 35.5. The summed E-state index contributed by atoms with van der Waals surface area (Å²) in [6.45, 7) is 0. The topological polar surface area (TPSA) is 95.0 Å². The molecule has 130 valence electrons. The van der Waals surface area contributed by atoms with Gasteiger partial charge in [-0.05, 0) is 18.2 Å². The molecule has 0 unspecified atom stereocenters. The van der Waals surface area contributed by atoms with Crippen LogP contribution < -0.4 is 0 Å². The van der Waals surface area contributed by atoms with Gasteiger partial charge in [-0.15, -0.1) is 4.41 Å². The number of hydrazine groups is 1. The second-order valence-electron chi connectivity index (χ2n) is 5.41. The molecule has 1 N–H and O–H groups in total. The lowest BCUT2D eigenvalue weighted by molar-refractivity contribution is 0.0272. The smallest absolute Gasteiger partial charge is 0.256 e. The highest BCUT2D eigenvalue weighted by molar-refractivity contribution is 7.92. The van der Waals surface area contributed by atoms with Crippen molar-refractivity contribution in [1.82, 2.24) is 9.42 Å². The Morgan fingerprint density at radius 1 is 1.17 bits per heavy atom. The quantitative estimate of drug-likeness (QED) is 0.741. The molecule has 11 heteroatoms. The van der Waals surface area contributed by atoms with Crippen molar-refractivity contribution in [1.29, 1.82) is 0 Å². The van der Waals surface area contributed by atoms with Gasteiger partial charge in [-0.2, -0.15) is 0 Å². The van der Waals surface area contributed by atoms with Crippen LogP contribution in [-0.4, -0.2) is 69.1 Å². The lowest BCUT2D eigenvalue weighted by Gasteiger charge is -2.34. The molecule has 0 saturated carbocycles. The molecule has 2 atom stereocenters. The Hall–Kier alpha value is -0.420. The van der Waals surface area contributed by atoms with E-state index in [0.717, 1.165) is 4.41 Å². The van der Waals surface area contributed by atoms with Crippen molar-refractivity contribution in [3.05, 3.63) is 28.2 Å². The molecule has 1 heterocycles. The van der Waals surface area contributed by atoms with Gasteiger partial charge < -0.3 is 5.11 Å². The molecule has 1 aliphatic heterocycles. The van der Waals surface area contributed by atoms with Crippen LogP contribution in [0.5, 0.6) is 0 Å². The number of sulfone groups is 1. The summed E-state index contributed by atoms with van der Waals surface area (Å²) in [6.07, 6.45) is -1.31. The van der Waals surface area contributed by atoms with Gasteiger partial charge in [0.05, 0.1) is 38.6 Å². The maximum Gasteiger partial charge on any atom is 0.256 e. The zero-order valence-corrected chi connectivity index (χ0v) is 15.5. The summed E-state index contributed by atoms with van der Waals surface area (Å²) >= 11 is 11.7. The van der Waals surface area contributed by atoms with Gasteiger partial charge in [-0.1, -0.05) is 23.2 Å². The van der Waals surface area contributed by atoms with E-state index in [1.54, 1.807) is 0 Å². The molecule has 7 nitrogen and oxygen atoms in total. The average molecular weight is 403 g/mol. The van der Waals surface area contributed by atoms with E-state index >= 15 is 0 Å². The van der Waals surface area contributed by atoms with Crippen molar-refractivity contribution in [2.24, 2.45) is 0 Å². The molecule has 1 fully saturated rings. The Bertz CT molecular complexity index is 811. The number of hydrogen-bond acceptors (Lipinski definition) is 6. The predicted molar refractivity (Wildman–Crippen MR) is 87.6 cm³/mol. The molecule has 1 aromatic rings. The van der Waals surface area contributed by atoms with Crippen molar-refractivity contribution in [3.63, 3.8) is 0 Å². The van der Waals surface area contributed by atoms with Gasteiger partial charge in [-0.25, -0.2) is 21.8 Å². The standard InChI is InChI=1S/C12H16Cl2N2O5S2/c1-15(2)16(11-6-22(18,19)7-12(11)17)23(20,21)8-3-4-9(13)10(14)5-8/h3-5,11-12,17H,6-7H2,1-2H3/t11-,12+/m1/s1. The van der Waals surface area contributed by atoms with Gasteiger partial charge in [-0.3, -0.25) is 0 Å². The molecule has 0 bridgehead atoms. The van der Waals surface area contributed by atoms with Gasteiger partial charge in [0.1, 0.15) is 0 Å².